The monoisotopic (exact) mass is 294 g/mol. The second-order valence-electron chi connectivity index (χ2n) is 4.96. The maximum absolute atomic E-state index is 13.8. The highest BCUT2D eigenvalue weighted by Gasteiger charge is 2.06. The van der Waals surface area contributed by atoms with E-state index in [4.69, 9.17) is 4.74 Å². The molecule has 0 amide bonds. The molecule has 0 atom stereocenters. The van der Waals surface area contributed by atoms with E-state index in [1.807, 2.05) is 42.5 Å². The van der Waals surface area contributed by atoms with E-state index in [-0.39, 0.29) is 5.75 Å². The van der Waals surface area contributed by atoms with E-state index in [0.717, 1.165) is 22.9 Å². The summed E-state index contributed by atoms with van der Waals surface area (Å²) in [6.45, 7) is 0.494. The molecule has 2 nitrogen and oxygen atoms in total. The number of phenolic OH excluding ortho intramolecular Hbond substituents is 1. The first-order valence-corrected chi connectivity index (χ1v) is 6.98. The maximum atomic E-state index is 13.8. The molecule has 0 saturated heterocycles. The average Bonchev–Trinajstić information content (AvgIpc) is 2.55. The fourth-order valence-electron chi connectivity index (χ4n) is 2.21. The first kappa shape index (κ1) is 14.1. The predicted molar refractivity (Wildman–Crippen MR) is 84.3 cm³/mol. The van der Waals surface area contributed by atoms with Crippen LogP contribution in [0.5, 0.6) is 11.5 Å². The summed E-state index contributed by atoms with van der Waals surface area (Å²) < 4.78 is 19.5. The SMILES string of the molecule is Oc1ccc(-c2ccc(OCc3ccccc3)cc2)c(F)c1. The molecule has 0 heterocycles. The number of hydrogen-bond acceptors (Lipinski definition) is 2. The molecule has 0 unspecified atom stereocenters. The van der Waals surface area contributed by atoms with E-state index in [1.54, 1.807) is 18.2 Å². The number of hydrogen-bond donors (Lipinski definition) is 1. The smallest absolute Gasteiger partial charge is 0.134 e. The molecule has 0 radical (unpaired) electrons. The van der Waals surface area contributed by atoms with Crippen LogP contribution >= 0.6 is 0 Å². The normalized spacial score (nSPS) is 10.4. The van der Waals surface area contributed by atoms with E-state index in [0.29, 0.717) is 12.2 Å². The van der Waals surface area contributed by atoms with Gasteiger partial charge in [-0.05, 0) is 35.4 Å². The Balaban J connectivity index is 1.72. The fourth-order valence-corrected chi connectivity index (χ4v) is 2.21. The predicted octanol–water partition coefficient (Wildman–Crippen LogP) is 4.78. The van der Waals surface area contributed by atoms with Gasteiger partial charge in [0.25, 0.3) is 0 Å². The second-order valence-corrected chi connectivity index (χ2v) is 4.96. The van der Waals surface area contributed by atoms with Crippen LogP contribution in [-0.4, -0.2) is 5.11 Å². The quantitative estimate of drug-likeness (QED) is 0.750. The molecule has 0 aliphatic carbocycles. The second kappa shape index (κ2) is 6.31. The third-order valence-corrected chi connectivity index (χ3v) is 3.37. The zero-order valence-electron chi connectivity index (χ0n) is 11.9. The maximum Gasteiger partial charge on any atom is 0.134 e. The fraction of sp³-hybridized carbons (Fsp3) is 0.0526. The standard InChI is InChI=1S/C19H15FO2/c20-19-12-16(21)8-11-18(19)15-6-9-17(10-7-15)22-13-14-4-2-1-3-5-14/h1-12,21H,13H2. The van der Waals surface area contributed by atoms with Crippen molar-refractivity contribution < 1.29 is 14.2 Å². The minimum Gasteiger partial charge on any atom is -0.508 e. The molecule has 110 valence electrons. The summed E-state index contributed by atoms with van der Waals surface area (Å²) in [6.07, 6.45) is 0. The molecule has 1 N–H and O–H groups in total. The molecule has 3 aromatic rings. The van der Waals surface area contributed by atoms with Crippen LogP contribution in [0.2, 0.25) is 0 Å². The van der Waals surface area contributed by atoms with Crippen molar-refractivity contribution in [1.82, 2.24) is 0 Å². The van der Waals surface area contributed by atoms with Gasteiger partial charge in [0.15, 0.2) is 0 Å². The van der Waals surface area contributed by atoms with E-state index in [1.165, 1.54) is 6.07 Å². The lowest BCUT2D eigenvalue weighted by molar-refractivity contribution is 0.306. The van der Waals surface area contributed by atoms with Crippen molar-refractivity contribution in [2.75, 3.05) is 0 Å². The first-order valence-electron chi connectivity index (χ1n) is 6.98. The van der Waals surface area contributed by atoms with Crippen LogP contribution in [0, 0.1) is 5.82 Å². The molecule has 0 saturated carbocycles. The summed E-state index contributed by atoms with van der Waals surface area (Å²) in [4.78, 5) is 0. The van der Waals surface area contributed by atoms with Gasteiger partial charge in [0, 0.05) is 11.6 Å². The van der Waals surface area contributed by atoms with Crippen molar-refractivity contribution >= 4 is 0 Å². The number of rotatable bonds is 4. The zero-order valence-corrected chi connectivity index (χ0v) is 11.9. The molecular formula is C19H15FO2. The highest BCUT2D eigenvalue weighted by Crippen LogP contribution is 2.27. The Morgan fingerprint density at radius 3 is 2.27 bits per heavy atom. The molecule has 0 fully saturated rings. The molecular weight excluding hydrogens is 279 g/mol. The molecule has 3 rings (SSSR count). The molecule has 0 aliphatic rings. The van der Waals surface area contributed by atoms with Crippen LogP contribution in [0.3, 0.4) is 0 Å². The largest absolute Gasteiger partial charge is 0.508 e. The van der Waals surface area contributed by atoms with Crippen LogP contribution in [-0.2, 0) is 6.61 Å². The number of benzene rings is 3. The minimum absolute atomic E-state index is 0.0796. The summed E-state index contributed by atoms with van der Waals surface area (Å²) in [5.74, 6) is 0.203. The number of phenols is 1. The van der Waals surface area contributed by atoms with Gasteiger partial charge in [-0.1, -0.05) is 42.5 Å². The number of halogens is 1. The Morgan fingerprint density at radius 2 is 1.59 bits per heavy atom. The van der Waals surface area contributed by atoms with Crippen LogP contribution in [0.15, 0.2) is 72.8 Å². The van der Waals surface area contributed by atoms with Gasteiger partial charge in [-0.15, -0.1) is 0 Å². The summed E-state index contributed by atoms with van der Waals surface area (Å²) >= 11 is 0. The lowest BCUT2D eigenvalue weighted by Crippen LogP contribution is -1.94. The molecule has 3 heteroatoms. The molecule has 0 spiro atoms. The number of aromatic hydroxyl groups is 1. The van der Waals surface area contributed by atoms with Gasteiger partial charge in [0.2, 0.25) is 0 Å². The molecule has 0 aromatic heterocycles. The van der Waals surface area contributed by atoms with Crippen LogP contribution in [0.25, 0.3) is 11.1 Å². The van der Waals surface area contributed by atoms with E-state index < -0.39 is 5.82 Å². The summed E-state index contributed by atoms with van der Waals surface area (Å²) in [6, 6.07) is 21.3. The Morgan fingerprint density at radius 1 is 0.864 bits per heavy atom. The summed E-state index contributed by atoms with van der Waals surface area (Å²) in [7, 11) is 0. The van der Waals surface area contributed by atoms with Crippen molar-refractivity contribution in [3.63, 3.8) is 0 Å². The third kappa shape index (κ3) is 3.26. The van der Waals surface area contributed by atoms with Crippen molar-refractivity contribution in [2.24, 2.45) is 0 Å². The Kier molecular flexibility index (Phi) is 4.05. The van der Waals surface area contributed by atoms with Crippen molar-refractivity contribution in [1.29, 1.82) is 0 Å². The van der Waals surface area contributed by atoms with Crippen LogP contribution in [0.4, 0.5) is 4.39 Å². The summed E-state index contributed by atoms with van der Waals surface area (Å²) in [5.41, 5.74) is 2.29. The lowest BCUT2D eigenvalue weighted by atomic mass is 10.0. The van der Waals surface area contributed by atoms with Gasteiger partial charge in [0.05, 0.1) is 0 Å². The first-order chi connectivity index (χ1) is 10.7. The molecule has 0 bridgehead atoms. The minimum atomic E-state index is -0.446. The molecule has 3 aromatic carbocycles. The van der Waals surface area contributed by atoms with E-state index in [9.17, 15) is 9.50 Å². The lowest BCUT2D eigenvalue weighted by Gasteiger charge is -2.08. The highest BCUT2D eigenvalue weighted by atomic mass is 19.1. The topological polar surface area (TPSA) is 29.5 Å². The third-order valence-electron chi connectivity index (χ3n) is 3.37. The zero-order chi connectivity index (χ0) is 15.4. The van der Waals surface area contributed by atoms with Gasteiger partial charge >= 0.3 is 0 Å². The van der Waals surface area contributed by atoms with Gasteiger partial charge in [-0.2, -0.15) is 0 Å². The molecule has 0 aliphatic heterocycles. The van der Waals surface area contributed by atoms with Crippen LogP contribution < -0.4 is 4.74 Å². The van der Waals surface area contributed by atoms with E-state index in [2.05, 4.69) is 0 Å². The van der Waals surface area contributed by atoms with Crippen molar-refractivity contribution in [3.05, 3.63) is 84.2 Å². The van der Waals surface area contributed by atoms with E-state index >= 15 is 0 Å². The van der Waals surface area contributed by atoms with Crippen molar-refractivity contribution in [2.45, 2.75) is 6.61 Å². The Hall–Kier alpha value is -2.81. The number of ether oxygens (including phenoxy) is 1. The van der Waals surface area contributed by atoms with Gasteiger partial charge < -0.3 is 9.84 Å². The molecule has 22 heavy (non-hydrogen) atoms. The van der Waals surface area contributed by atoms with Crippen molar-refractivity contribution in [3.8, 4) is 22.6 Å². The Bertz CT molecular complexity index is 752. The van der Waals surface area contributed by atoms with Gasteiger partial charge in [-0.25, -0.2) is 4.39 Å². The summed E-state index contributed by atoms with van der Waals surface area (Å²) in [5, 5.41) is 9.25. The average molecular weight is 294 g/mol. The highest BCUT2D eigenvalue weighted by molar-refractivity contribution is 5.65. The van der Waals surface area contributed by atoms with Gasteiger partial charge in [0.1, 0.15) is 23.9 Å². The van der Waals surface area contributed by atoms with Gasteiger partial charge in [-0.3, -0.25) is 0 Å². The van der Waals surface area contributed by atoms with Crippen LogP contribution in [0.1, 0.15) is 5.56 Å². The Labute approximate surface area is 128 Å².